The zero-order chi connectivity index (χ0) is 14.1. The van der Waals surface area contributed by atoms with Crippen molar-refractivity contribution in [2.75, 3.05) is 5.32 Å². The molecule has 1 saturated carbocycles. The highest BCUT2D eigenvalue weighted by Crippen LogP contribution is 2.47. The summed E-state index contributed by atoms with van der Waals surface area (Å²) in [6, 6.07) is 7.53. The number of anilines is 1. The van der Waals surface area contributed by atoms with Crippen LogP contribution in [0.4, 0.5) is 5.69 Å². The fraction of sp³-hybridized carbons (Fsp3) is 0.375. The van der Waals surface area contributed by atoms with Crippen LogP contribution in [0.1, 0.15) is 30.7 Å². The Hall–Kier alpha value is -2.10. The Labute approximate surface area is 117 Å². The van der Waals surface area contributed by atoms with Crippen molar-refractivity contribution in [2.24, 2.45) is 11.8 Å². The maximum Gasteiger partial charge on any atom is 0.307 e. The van der Waals surface area contributed by atoms with Crippen LogP contribution in [0, 0.1) is 11.8 Å². The molecule has 1 amide bonds. The Morgan fingerprint density at radius 1 is 1.10 bits per heavy atom. The molecule has 1 aromatic rings. The van der Waals surface area contributed by atoms with Crippen LogP contribution in [0.15, 0.2) is 36.4 Å². The quantitative estimate of drug-likeness (QED) is 0.827. The third kappa shape index (κ3) is 2.59. The van der Waals surface area contributed by atoms with Gasteiger partial charge in [-0.25, -0.2) is 0 Å². The first-order valence-electron chi connectivity index (χ1n) is 6.94. The summed E-state index contributed by atoms with van der Waals surface area (Å²) >= 11 is 0. The number of carboxylic acid groups (broad SMARTS) is 1. The van der Waals surface area contributed by atoms with Gasteiger partial charge in [-0.05, 0) is 42.9 Å². The predicted octanol–water partition coefficient (Wildman–Crippen LogP) is 2.78. The zero-order valence-electron chi connectivity index (χ0n) is 11.1. The molecule has 2 atom stereocenters. The minimum absolute atomic E-state index is 0.0505. The summed E-state index contributed by atoms with van der Waals surface area (Å²) in [5.41, 5.74) is 1.82. The lowest BCUT2D eigenvalue weighted by Gasteiger charge is -2.10. The first kappa shape index (κ1) is 12.9. The standard InChI is InChI=1S/C16H17NO3/c18-15(11-3-1-2-4-11)17-12-7-5-10(6-8-12)13-9-14(13)16(19)20/h1-2,5-8,11,13-14H,3-4,9H2,(H,17,18)(H,19,20)/t13-,14+/m0/s1. The molecule has 20 heavy (non-hydrogen) atoms. The molecule has 4 nitrogen and oxygen atoms in total. The van der Waals surface area contributed by atoms with Crippen molar-refractivity contribution in [2.45, 2.75) is 25.2 Å². The molecule has 0 heterocycles. The Morgan fingerprint density at radius 3 is 2.30 bits per heavy atom. The van der Waals surface area contributed by atoms with E-state index in [1.54, 1.807) is 0 Å². The van der Waals surface area contributed by atoms with E-state index in [9.17, 15) is 9.59 Å². The van der Waals surface area contributed by atoms with Crippen molar-refractivity contribution < 1.29 is 14.7 Å². The SMILES string of the molecule is O=C(Nc1ccc([C@@H]2C[C@H]2C(=O)O)cc1)C1CC=CC1. The third-order valence-corrected chi connectivity index (χ3v) is 4.09. The Morgan fingerprint density at radius 2 is 1.75 bits per heavy atom. The average Bonchev–Trinajstić information content (AvgIpc) is 3.05. The third-order valence-electron chi connectivity index (χ3n) is 4.09. The van der Waals surface area contributed by atoms with Crippen LogP contribution in [0.3, 0.4) is 0 Å². The van der Waals surface area contributed by atoms with E-state index >= 15 is 0 Å². The van der Waals surface area contributed by atoms with Gasteiger partial charge in [0, 0.05) is 11.6 Å². The molecule has 0 unspecified atom stereocenters. The van der Waals surface area contributed by atoms with E-state index in [2.05, 4.69) is 5.32 Å². The molecule has 2 aliphatic carbocycles. The molecular weight excluding hydrogens is 254 g/mol. The number of amides is 1. The van der Waals surface area contributed by atoms with Crippen molar-refractivity contribution in [1.82, 2.24) is 0 Å². The summed E-state index contributed by atoms with van der Waals surface area (Å²) in [7, 11) is 0. The summed E-state index contributed by atoms with van der Waals surface area (Å²) in [4.78, 5) is 22.8. The average molecular weight is 271 g/mol. The number of aliphatic carboxylic acids is 1. The molecule has 0 aromatic heterocycles. The summed E-state index contributed by atoms with van der Waals surface area (Å²) in [5, 5.41) is 11.8. The smallest absolute Gasteiger partial charge is 0.307 e. The number of rotatable bonds is 4. The van der Waals surface area contributed by atoms with Gasteiger partial charge in [-0.1, -0.05) is 24.3 Å². The maximum absolute atomic E-state index is 12.0. The van der Waals surface area contributed by atoms with Crippen molar-refractivity contribution in [3.63, 3.8) is 0 Å². The summed E-state index contributed by atoms with van der Waals surface area (Å²) in [6.45, 7) is 0. The molecule has 0 saturated heterocycles. The number of hydrogen-bond donors (Lipinski definition) is 2. The van der Waals surface area contributed by atoms with E-state index < -0.39 is 5.97 Å². The van der Waals surface area contributed by atoms with Crippen molar-refractivity contribution >= 4 is 17.6 Å². The fourth-order valence-electron chi connectivity index (χ4n) is 2.73. The molecular formula is C16H17NO3. The number of allylic oxidation sites excluding steroid dienone is 2. The van der Waals surface area contributed by atoms with Crippen LogP contribution >= 0.6 is 0 Å². The van der Waals surface area contributed by atoms with E-state index in [0.717, 1.165) is 30.5 Å². The summed E-state index contributed by atoms with van der Waals surface area (Å²) < 4.78 is 0. The first-order chi connectivity index (χ1) is 9.65. The Bertz CT molecular complexity index is 554. The highest BCUT2D eigenvalue weighted by Gasteiger charge is 2.43. The Kier molecular flexibility index (Phi) is 3.30. The minimum Gasteiger partial charge on any atom is -0.481 e. The van der Waals surface area contributed by atoms with E-state index in [0.29, 0.717) is 0 Å². The molecule has 2 N–H and O–H groups in total. The topological polar surface area (TPSA) is 66.4 Å². The lowest BCUT2D eigenvalue weighted by Crippen LogP contribution is -2.20. The fourth-order valence-corrected chi connectivity index (χ4v) is 2.73. The van der Waals surface area contributed by atoms with Crippen molar-refractivity contribution in [3.8, 4) is 0 Å². The van der Waals surface area contributed by atoms with Crippen LogP contribution in [0.25, 0.3) is 0 Å². The lowest BCUT2D eigenvalue weighted by molar-refractivity contribution is -0.138. The van der Waals surface area contributed by atoms with Crippen molar-refractivity contribution in [1.29, 1.82) is 0 Å². The highest BCUT2D eigenvalue weighted by molar-refractivity contribution is 5.93. The van der Waals surface area contributed by atoms with E-state index in [-0.39, 0.29) is 23.7 Å². The molecule has 0 bridgehead atoms. The van der Waals surface area contributed by atoms with Crippen LogP contribution in [0.5, 0.6) is 0 Å². The number of carboxylic acids is 1. The molecule has 0 spiro atoms. The Balaban J connectivity index is 1.59. The van der Waals surface area contributed by atoms with Gasteiger partial charge in [-0.3, -0.25) is 9.59 Å². The van der Waals surface area contributed by atoms with Crippen LogP contribution in [0.2, 0.25) is 0 Å². The van der Waals surface area contributed by atoms with E-state index in [1.165, 1.54) is 0 Å². The van der Waals surface area contributed by atoms with E-state index in [1.807, 2.05) is 36.4 Å². The van der Waals surface area contributed by atoms with Gasteiger partial charge in [-0.2, -0.15) is 0 Å². The van der Waals surface area contributed by atoms with Crippen LogP contribution in [-0.4, -0.2) is 17.0 Å². The molecule has 3 rings (SSSR count). The summed E-state index contributed by atoms with van der Waals surface area (Å²) in [5.74, 6) is -0.718. The highest BCUT2D eigenvalue weighted by atomic mass is 16.4. The second-order valence-corrected chi connectivity index (χ2v) is 5.54. The maximum atomic E-state index is 12.0. The summed E-state index contributed by atoms with van der Waals surface area (Å²) in [6.07, 6.45) is 6.41. The molecule has 104 valence electrons. The van der Waals surface area contributed by atoms with Gasteiger partial charge in [0.05, 0.1) is 5.92 Å². The second kappa shape index (κ2) is 5.12. The molecule has 1 aromatic carbocycles. The number of carbonyl (C=O) groups is 2. The van der Waals surface area contributed by atoms with Crippen molar-refractivity contribution in [3.05, 3.63) is 42.0 Å². The molecule has 1 fully saturated rings. The van der Waals surface area contributed by atoms with Gasteiger partial charge in [-0.15, -0.1) is 0 Å². The molecule has 2 aliphatic rings. The minimum atomic E-state index is -0.721. The number of nitrogens with one attached hydrogen (secondary N) is 1. The second-order valence-electron chi connectivity index (χ2n) is 5.54. The van der Waals surface area contributed by atoms with Gasteiger partial charge in [0.2, 0.25) is 5.91 Å². The zero-order valence-corrected chi connectivity index (χ0v) is 11.1. The van der Waals surface area contributed by atoms with Gasteiger partial charge >= 0.3 is 5.97 Å². The van der Waals surface area contributed by atoms with Gasteiger partial charge in [0.1, 0.15) is 0 Å². The monoisotopic (exact) mass is 271 g/mol. The molecule has 4 heteroatoms. The molecule has 0 aliphatic heterocycles. The van der Waals surface area contributed by atoms with Crippen LogP contribution < -0.4 is 5.32 Å². The number of carbonyl (C=O) groups excluding carboxylic acids is 1. The normalized spacial score (nSPS) is 24.6. The van der Waals surface area contributed by atoms with E-state index in [4.69, 9.17) is 5.11 Å². The molecule has 0 radical (unpaired) electrons. The first-order valence-corrected chi connectivity index (χ1v) is 6.94. The largest absolute Gasteiger partial charge is 0.481 e. The van der Waals surface area contributed by atoms with Crippen LogP contribution in [-0.2, 0) is 9.59 Å². The predicted molar refractivity (Wildman–Crippen MR) is 75.4 cm³/mol. The van der Waals surface area contributed by atoms with Gasteiger partial charge in [0.25, 0.3) is 0 Å². The number of hydrogen-bond acceptors (Lipinski definition) is 2. The number of benzene rings is 1. The van der Waals surface area contributed by atoms with Gasteiger partial charge in [0.15, 0.2) is 0 Å². The van der Waals surface area contributed by atoms with Gasteiger partial charge < -0.3 is 10.4 Å². The lowest BCUT2D eigenvalue weighted by atomic mass is 10.1.